The SMILES string of the molecule is CC1(C)CC(=O)Nc2sc(N3CCOCC3)nc2C1. The molecule has 1 aromatic rings. The third kappa shape index (κ3) is 2.74. The molecule has 3 rings (SSSR count). The zero-order valence-corrected chi connectivity index (χ0v) is 12.2. The van der Waals surface area contributed by atoms with E-state index in [-0.39, 0.29) is 11.3 Å². The predicted molar refractivity (Wildman–Crippen MR) is 75.9 cm³/mol. The summed E-state index contributed by atoms with van der Waals surface area (Å²) in [5.74, 6) is 0.0981. The average molecular weight is 281 g/mol. The van der Waals surface area contributed by atoms with Crippen LogP contribution in [0.25, 0.3) is 0 Å². The minimum atomic E-state index is -0.0221. The van der Waals surface area contributed by atoms with Gasteiger partial charge in [-0.1, -0.05) is 25.2 Å². The van der Waals surface area contributed by atoms with Gasteiger partial charge in [-0.05, 0) is 11.8 Å². The van der Waals surface area contributed by atoms with Gasteiger partial charge < -0.3 is 15.0 Å². The summed E-state index contributed by atoms with van der Waals surface area (Å²) in [6.07, 6.45) is 1.41. The summed E-state index contributed by atoms with van der Waals surface area (Å²) >= 11 is 1.59. The summed E-state index contributed by atoms with van der Waals surface area (Å²) in [5.41, 5.74) is 1.01. The van der Waals surface area contributed by atoms with Crippen molar-refractivity contribution in [1.29, 1.82) is 0 Å². The Hall–Kier alpha value is -1.14. The molecule has 3 heterocycles. The van der Waals surface area contributed by atoms with Gasteiger partial charge in [0.1, 0.15) is 5.00 Å². The maximum Gasteiger partial charge on any atom is 0.225 e. The van der Waals surface area contributed by atoms with E-state index in [1.54, 1.807) is 11.3 Å². The molecule has 0 atom stereocenters. The van der Waals surface area contributed by atoms with Crippen LogP contribution in [0, 0.1) is 5.41 Å². The molecule has 0 aromatic carbocycles. The number of ether oxygens (including phenoxy) is 1. The van der Waals surface area contributed by atoms with Gasteiger partial charge in [-0.3, -0.25) is 4.79 Å². The number of hydrogen-bond donors (Lipinski definition) is 1. The lowest BCUT2D eigenvalue weighted by atomic mass is 9.85. The van der Waals surface area contributed by atoms with Gasteiger partial charge in [0, 0.05) is 19.5 Å². The van der Waals surface area contributed by atoms with E-state index in [4.69, 9.17) is 9.72 Å². The van der Waals surface area contributed by atoms with Gasteiger partial charge in [0.25, 0.3) is 0 Å². The molecule has 6 heteroatoms. The maximum atomic E-state index is 11.9. The molecule has 19 heavy (non-hydrogen) atoms. The van der Waals surface area contributed by atoms with Gasteiger partial charge >= 0.3 is 0 Å². The second-order valence-electron chi connectivity index (χ2n) is 5.94. The van der Waals surface area contributed by atoms with E-state index < -0.39 is 0 Å². The van der Waals surface area contributed by atoms with E-state index in [1.807, 2.05) is 0 Å². The monoisotopic (exact) mass is 281 g/mol. The van der Waals surface area contributed by atoms with Crippen LogP contribution in [0.5, 0.6) is 0 Å². The molecule has 1 aromatic heterocycles. The third-order valence-electron chi connectivity index (χ3n) is 3.51. The Morgan fingerprint density at radius 2 is 2.05 bits per heavy atom. The molecule has 1 N–H and O–H groups in total. The van der Waals surface area contributed by atoms with E-state index in [1.165, 1.54) is 0 Å². The fourth-order valence-electron chi connectivity index (χ4n) is 2.57. The number of nitrogens with one attached hydrogen (secondary N) is 1. The Labute approximate surface area is 117 Å². The van der Waals surface area contributed by atoms with Crippen molar-refractivity contribution in [3.05, 3.63) is 5.69 Å². The van der Waals surface area contributed by atoms with Crippen molar-refractivity contribution in [2.75, 3.05) is 36.5 Å². The molecule has 1 saturated heterocycles. The third-order valence-corrected chi connectivity index (χ3v) is 4.58. The lowest BCUT2D eigenvalue weighted by Gasteiger charge is -2.26. The van der Waals surface area contributed by atoms with Crippen molar-refractivity contribution < 1.29 is 9.53 Å². The van der Waals surface area contributed by atoms with Gasteiger partial charge in [0.05, 0.1) is 18.9 Å². The van der Waals surface area contributed by atoms with Crippen LogP contribution >= 0.6 is 11.3 Å². The number of carbonyl (C=O) groups is 1. The number of rotatable bonds is 1. The highest BCUT2D eigenvalue weighted by Gasteiger charge is 2.31. The van der Waals surface area contributed by atoms with Crippen molar-refractivity contribution in [2.24, 2.45) is 5.41 Å². The van der Waals surface area contributed by atoms with Crippen molar-refractivity contribution in [3.63, 3.8) is 0 Å². The van der Waals surface area contributed by atoms with Gasteiger partial charge in [0.2, 0.25) is 5.91 Å². The number of hydrogen-bond acceptors (Lipinski definition) is 5. The molecule has 2 aliphatic rings. The second kappa shape index (κ2) is 4.76. The van der Waals surface area contributed by atoms with Gasteiger partial charge in [-0.2, -0.15) is 0 Å². The highest BCUT2D eigenvalue weighted by Crippen LogP contribution is 2.39. The zero-order chi connectivity index (χ0) is 13.5. The number of thiazole rings is 1. The molecule has 1 amide bonds. The molecule has 5 nitrogen and oxygen atoms in total. The highest BCUT2D eigenvalue weighted by molar-refractivity contribution is 7.19. The molecule has 0 aliphatic carbocycles. The Balaban J connectivity index is 1.87. The first-order valence-corrected chi connectivity index (χ1v) is 7.47. The maximum absolute atomic E-state index is 11.9. The van der Waals surface area contributed by atoms with Crippen molar-refractivity contribution in [3.8, 4) is 0 Å². The lowest BCUT2D eigenvalue weighted by molar-refractivity contribution is -0.117. The molecule has 0 spiro atoms. The number of amides is 1. The molecule has 0 saturated carbocycles. The number of aromatic nitrogens is 1. The molecule has 0 bridgehead atoms. The Morgan fingerprint density at radius 1 is 1.32 bits per heavy atom. The summed E-state index contributed by atoms with van der Waals surface area (Å²) in [6, 6.07) is 0. The van der Waals surface area contributed by atoms with Crippen LogP contribution in [0.2, 0.25) is 0 Å². The van der Waals surface area contributed by atoms with Crippen LogP contribution in [0.15, 0.2) is 0 Å². The fraction of sp³-hybridized carbons (Fsp3) is 0.692. The topological polar surface area (TPSA) is 54.5 Å². The van der Waals surface area contributed by atoms with Gasteiger partial charge in [-0.25, -0.2) is 4.98 Å². The van der Waals surface area contributed by atoms with E-state index in [0.717, 1.165) is 48.6 Å². The van der Waals surface area contributed by atoms with Crippen LogP contribution in [0.3, 0.4) is 0 Å². The number of fused-ring (bicyclic) bond motifs is 1. The van der Waals surface area contributed by atoms with Gasteiger partial charge in [0.15, 0.2) is 5.13 Å². The van der Waals surface area contributed by atoms with Crippen LogP contribution in [-0.2, 0) is 16.0 Å². The first-order chi connectivity index (χ1) is 9.03. The van der Waals surface area contributed by atoms with E-state index in [2.05, 4.69) is 24.1 Å². The highest BCUT2D eigenvalue weighted by atomic mass is 32.1. The standard InChI is InChI=1S/C13H19N3O2S/c1-13(2)7-9-11(15-10(17)8-13)19-12(14-9)16-3-5-18-6-4-16/h3-8H2,1-2H3,(H,15,17). The van der Waals surface area contributed by atoms with Crippen LogP contribution < -0.4 is 10.2 Å². The normalized spacial score (nSPS) is 22.6. The van der Waals surface area contributed by atoms with E-state index >= 15 is 0 Å². The molecule has 104 valence electrons. The molecule has 0 unspecified atom stereocenters. The molecule has 0 radical (unpaired) electrons. The van der Waals surface area contributed by atoms with Crippen molar-refractivity contribution in [1.82, 2.24) is 4.98 Å². The van der Waals surface area contributed by atoms with Crippen LogP contribution in [0.4, 0.5) is 10.1 Å². The minimum absolute atomic E-state index is 0.0221. The van der Waals surface area contributed by atoms with Crippen molar-refractivity contribution >= 4 is 27.4 Å². The van der Waals surface area contributed by atoms with Gasteiger partial charge in [-0.15, -0.1) is 0 Å². The zero-order valence-electron chi connectivity index (χ0n) is 11.4. The Morgan fingerprint density at radius 3 is 2.79 bits per heavy atom. The molecular formula is C13H19N3O2S. The number of anilines is 2. The largest absolute Gasteiger partial charge is 0.378 e. The van der Waals surface area contributed by atoms with Crippen molar-refractivity contribution in [2.45, 2.75) is 26.7 Å². The first kappa shape index (κ1) is 12.9. The quantitative estimate of drug-likeness (QED) is 0.854. The fourth-order valence-corrected chi connectivity index (χ4v) is 3.62. The number of morpholine rings is 1. The molecule has 2 aliphatic heterocycles. The summed E-state index contributed by atoms with van der Waals surface area (Å²) < 4.78 is 5.36. The van der Waals surface area contributed by atoms with E-state index in [0.29, 0.717) is 6.42 Å². The van der Waals surface area contributed by atoms with E-state index in [9.17, 15) is 4.79 Å². The number of carbonyl (C=O) groups excluding carboxylic acids is 1. The summed E-state index contributed by atoms with van der Waals surface area (Å²) in [6.45, 7) is 7.50. The Kier molecular flexibility index (Phi) is 3.22. The van der Waals surface area contributed by atoms with Crippen LogP contribution in [0.1, 0.15) is 26.0 Å². The summed E-state index contributed by atoms with van der Waals surface area (Å²) in [4.78, 5) is 18.9. The minimum Gasteiger partial charge on any atom is -0.378 e. The van der Waals surface area contributed by atoms with Crippen LogP contribution in [-0.4, -0.2) is 37.2 Å². The predicted octanol–water partition coefficient (Wildman–Crippen LogP) is 1.89. The number of nitrogens with zero attached hydrogens (tertiary/aromatic N) is 2. The summed E-state index contributed by atoms with van der Waals surface area (Å²) in [5, 5.41) is 4.93. The Bertz CT molecular complexity index is 492. The second-order valence-corrected chi connectivity index (χ2v) is 6.92. The average Bonchev–Trinajstić information content (AvgIpc) is 2.67. The summed E-state index contributed by atoms with van der Waals surface area (Å²) in [7, 11) is 0. The molecular weight excluding hydrogens is 262 g/mol. The lowest BCUT2D eigenvalue weighted by Crippen LogP contribution is -2.36. The first-order valence-electron chi connectivity index (χ1n) is 6.66. The smallest absolute Gasteiger partial charge is 0.225 e. The molecule has 1 fully saturated rings.